The fourth-order valence-electron chi connectivity index (χ4n) is 1.86. The topological polar surface area (TPSA) is 79.0 Å². The molecule has 1 saturated heterocycles. The van der Waals surface area contributed by atoms with Gasteiger partial charge in [0.1, 0.15) is 18.0 Å². The number of hydrogen-bond acceptors (Lipinski definition) is 4. The molecule has 7 nitrogen and oxygen atoms in total. The lowest BCUT2D eigenvalue weighted by Crippen LogP contribution is -2.53. The fourth-order valence-corrected chi connectivity index (χ4v) is 2.03. The number of ether oxygens (including phenoxy) is 1. The minimum atomic E-state index is -0.619. The van der Waals surface area contributed by atoms with Crippen molar-refractivity contribution in [1.29, 1.82) is 0 Å². The van der Waals surface area contributed by atoms with Crippen molar-refractivity contribution >= 4 is 29.5 Å². The number of carbonyl (C=O) groups excluding carboxylic acids is 3. The molecule has 0 atom stereocenters. The summed E-state index contributed by atoms with van der Waals surface area (Å²) in [7, 11) is 0. The van der Waals surface area contributed by atoms with Crippen LogP contribution in [0.15, 0.2) is 0 Å². The molecule has 0 radical (unpaired) electrons. The van der Waals surface area contributed by atoms with E-state index >= 15 is 0 Å². The molecule has 0 spiro atoms. The highest BCUT2D eigenvalue weighted by Gasteiger charge is 2.24. The molecule has 1 fully saturated rings. The Morgan fingerprint density at radius 2 is 1.52 bits per heavy atom. The third-order valence-corrected chi connectivity index (χ3v) is 3.11. The number of piperazine rings is 1. The zero-order chi connectivity index (χ0) is 16.0. The highest BCUT2D eigenvalue weighted by Crippen LogP contribution is 2.06. The first-order chi connectivity index (χ1) is 9.73. The minimum absolute atomic E-state index is 0.0475. The molecule has 1 heterocycles. The van der Waals surface area contributed by atoms with Crippen molar-refractivity contribution in [2.45, 2.75) is 26.4 Å². The summed E-state index contributed by atoms with van der Waals surface area (Å²) in [5.41, 5.74) is -0.597. The van der Waals surface area contributed by atoms with Gasteiger partial charge in [-0.3, -0.25) is 9.59 Å². The molecule has 1 rings (SSSR count). The highest BCUT2D eigenvalue weighted by atomic mass is 35.5. The second-order valence-corrected chi connectivity index (χ2v) is 6.02. The van der Waals surface area contributed by atoms with Gasteiger partial charge in [-0.1, -0.05) is 0 Å². The number of amides is 3. The van der Waals surface area contributed by atoms with E-state index in [1.165, 1.54) is 0 Å². The maximum absolute atomic E-state index is 11.9. The Kier molecular flexibility index (Phi) is 6.26. The average molecular weight is 320 g/mol. The van der Waals surface area contributed by atoms with Gasteiger partial charge in [0.2, 0.25) is 11.8 Å². The lowest BCUT2D eigenvalue weighted by molar-refractivity contribution is -0.137. The van der Waals surface area contributed by atoms with Crippen LogP contribution in [0.4, 0.5) is 4.79 Å². The summed E-state index contributed by atoms with van der Waals surface area (Å²) >= 11 is 5.49. The van der Waals surface area contributed by atoms with Gasteiger partial charge < -0.3 is 19.9 Å². The number of hydrogen-bond donors (Lipinski definition) is 1. The Labute approximate surface area is 129 Å². The van der Waals surface area contributed by atoms with Crippen molar-refractivity contribution in [3.8, 4) is 0 Å². The number of alkyl carbamates (subject to hydrolysis) is 1. The van der Waals surface area contributed by atoms with Gasteiger partial charge in [0, 0.05) is 26.2 Å². The maximum Gasteiger partial charge on any atom is 0.408 e. The predicted octanol–water partition coefficient (Wildman–Crippen LogP) is 0.421. The molecule has 21 heavy (non-hydrogen) atoms. The van der Waals surface area contributed by atoms with Crippen LogP contribution in [0.3, 0.4) is 0 Å². The SMILES string of the molecule is CC(C)(C)OC(=O)NCC(=O)N1CCN(C(=O)CCl)CC1. The molecule has 1 aliphatic heterocycles. The molecule has 0 aliphatic carbocycles. The predicted molar refractivity (Wildman–Crippen MR) is 78.1 cm³/mol. The summed E-state index contributed by atoms with van der Waals surface area (Å²) in [4.78, 5) is 38.0. The van der Waals surface area contributed by atoms with Crippen LogP contribution in [0.5, 0.6) is 0 Å². The van der Waals surface area contributed by atoms with E-state index in [9.17, 15) is 14.4 Å². The third kappa shape index (κ3) is 6.20. The van der Waals surface area contributed by atoms with Crippen LogP contribution in [0.2, 0.25) is 0 Å². The van der Waals surface area contributed by atoms with E-state index in [4.69, 9.17) is 16.3 Å². The summed E-state index contributed by atoms with van der Waals surface area (Å²) in [6, 6.07) is 0. The molecule has 3 amide bonds. The van der Waals surface area contributed by atoms with Crippen molar-refractivity contribution in [3.05, 3.63) is 0 Å². The van der Waals surface area contributed by atoms with Crippen molar-refractivity contribution in [1.82, 2.24) is 15.1 Å². The van der Waals surface area contributed by atoms with E-state index in [2.05, 4.69) is 5.32 Å². The van der Waals surface area contributed by atoms with E-state index in [1.807, 2.05) is 0 Å². The van der Waals surface area contributed by atoms with Gasteiger partial charge in [0.05, 0.1) is 0 Å². The van der Waals surface area contributed by atoms with Crippen molar-refractivity contribution in [3.63, 3.8) is 0 Å². The molecule has 1 N–H and O–H groups in total. The van der Waals surface area contributed by atoms with E-state index in [0.717, 1.165) is 0 Å². The average Bonchev–Trinajstić information content (AvgIpc) is 2.42. The van der Waals surface area contributed by atoms with E-state index in [1.54, 1.807) is 30.6 Å². The fraction of sp³-hybridized carbons (Fsp3) is 0.769. The first-order valence-electron chi connectivity index (χ1n) is 6.81. The molecular formula is C13H22ClN3O4. The first-order valence-corrected chi connectivity index (χ1v) is 7.35. The molecule has 0 saturated carbocycles. The smallest absolute Gasteiger partial charge is 0.408 e. The van der Waals surface area contributed by atoms with Crippen molar-refractivity contribution in [2.75, 3.05) is 38.6 Å². The van der Waals surface area contributed by atoms with Gasteiger partial charge in [-0.05, 0) is 20.8 Å². The van der Waals surface area contributed by atoms with Crippen LogP contribution in [0.25, 0.3) is 0 Å². The Morgan fingerprint density at radius 1 is 1.05 bits per heavy atom. The van der Waals surface area contributed by atoms with Crippen molar-refractivity contribution < 1.29 is 19.1 Å². The minimum Gasteiger partial charge on any atom is -0.444 e. The summed E-state index contributed by atoms with van der Waals surface area (Å²) in [5, 5.41) is 2.43. The molecule has 120 valence electrons. The highest BCUT2D eigenvalue weighted by molar-refractivity contribution is 6.27. The second kappa shape index (κ2) is 7.49. The van der Waals surface area contributed by atoms with Crippen LogP contribution in [0.1, 0.15) is 20.8 Å². The van der Waals surface area contributed by atoms with Gasteiger partial charge in [0.15, 0.2) is 0 Å². The van der Waals surface area contributed by atoms with Gasteiger partial charge in [0.25, 0.3) is 0 Å². The van der Waals surface area contributed by atoms with Crippen LogP contribution in [-0.2, 0) is 14.3 Å². The Bertz CT molecular complexity index is 401. The monoisotopic (exact) mass is 319 g/mol. The number of halogens is 1. The van der Waals surface area contributed by atoms with Crippen molar-refractivity contribution in [2.24, 2.45) is 0 Å². The van der Waals surface area contributed by atoms with Gasteiger partial charge in [-0.2, -0.15) is 0 Å². The quantitative estimate of drug-likeness (QED) is 0.765. The molecule has 8 heteroatoms. The molecule has 0 aromatic carbocycles. The first kappa shape index (κ1) is 17.6. The standard InChI is InChI=1S/C13H22ClN3O4/c1-13(2,3)21-12(20)15-9-11(19)17-6-4-16(5-7-17)10(18)8-14/h4-9H2,1-3H3,(H,15,20). The zero-order valence-electron chi connectivity index (χ0n) is 12.6. The van der Waals surface area contributed by atoms with E-state index < -0.39 is 11.7 Å². The lowest BCUT2D eigenvalue weighted by atomic mass is 10.2. The van der Waals surface area contributed by atoms with Crippen LogP contribution < -0.4 is 5.32 Å². The largest absolute Gasteiger partial charge is 0.444 e. The Morgan fingerprint density at radius 3 is 1.95 bits per heavy atom. The maximum atomic E-state index is 11.9. The van der Waals surface area contributed by atoms with E-state index in [0.29, 0.717) is 26.2 Å². The molecule has 1 aliphatic rings. The van der Waals surface area contributed by atoms with Crippen LogP contribution in [-0.4, -0.2) is 71.9 Å². The summed E-state index contributed by atoms with van der Waals surface area (Å²) in [6.45, 7) is 6.95. The normalized spacial score (nSPS) is 15.6. The number of rotatable bonds is 3. The molecule has 0 aromatic rings. The van der Waals surface area contributed by atoms with Crippen LogP contribution >= 0.6 is 11.6 Å². The molecule has 0 bridgehead atoms. The lowest BCUT2D eigenvalue weighted by Gasteiger charge is -2.34. The number of alkyl halides is 1. The van der Waals surface area contributed by atoms with Gasteiger partial charge >= 0.3 is 6.09 Å². The molecular weight excluding hydrogens is 298 g/mol. The molecule has 0 aromatic heterocycles. The Hall–Kier alpha value is -1.50. The van der Waals surface area contributed by atoms with Gasteiger partial charge in [-0.15, -0.1) is 11.6 Å². The number of carbonyl (C=O) groups is 3. The van der Waals surface area contributed by atoms with E-state index in [-0.39, 0.29) is 24.2 Å². The number of nitrogens with one attached hydrogen (secondary N) is 1. The third-order valence-electron chi connectivity index (χ3n) is 2.88. The van der Waals surface area contributed by atoms with Gasteiger partial charge in [-0.25, -0.2) is 4.79 Å². The van der Waals surface area contributed by atoms with Crippen LogP contribution in [0, 0.1) is 0 Å². The Balaban J connectivity index is 2.31. The molecule has 0 unspecified atom stereocenters. The second-order valence-electron chi connectivity index (χ2n) is 5.75. The summed E-state index contributed by atoms with van der Waals surface area (Å²) in [5.74, 6) is -0.372. The summed E-state index contributed by atoms with van der Waals surface area (Å²) < 4.78 is 5.05. The summed E-state index contributed by atoms with van der Waals surface area (Å²) in [6.07, 6.45) is -0.619. The zero-order valence-corrected chi connectivity index (χ0v) is 13.4. The number of nitrogens with zero attached hydrogens (tertiary/aromatic N) is 2.